The van der Waals surface area contributed by atoms with Gasteiger partial charge in [-0.3, -0.25) is 4.79 Å². The van der Waals surface area contributed by atoms with Gasteiger partial charge in [0, 0.05) is 32.7 Å². The van der Waals surface area contributed by atoms with Gasteiger partial charge in [-0.25, -0.2) is 0 Å². The van der Waals surface area contributed by atoms with E-state index < -0.39 is 0 Å². The molecule has 4 nitrogen and oxygen atoms in total. The van der Waals surface area contributed by atoms with E-state index in [1.54, 1.807) is 0 Å². The molecule has 2 saturated heterocycles. The Balaban J connectivity index is 0.00000128. The predicted octanol–water partition coefficient (Wildman–Crippen LogP) is 0.513. The summed E-state index contributed by atoms with van der Waals surface area (Å²) in [6.07, 6.45) is 2.09. The number of carbonyl (C=O) groups excluding carboxylic acids is 1. The Morgan fingerprint density at radius 3 is 2.88 bits per heavy atom. The van der Waals surface area contributed by atoms with Crippen molar-refractivity contribution in [2.24, 2.45) is 11.8 Å². The molecule has 1 amide bonds. The lowest BCUT2D eigenvalue weighted by Gasteiger charge is -2.23. The number of hydrogen-bond acceptors (Lipinski definition) is 3. The van der Waals surface area contributed by atoms with Crippen LogP contribution >= 0.6 is 12.4 Å². The monoisotopic (exact) mass is 248 g/mol. The minimum absolute atomic E-state index is 0. The van der Waals surface area contributed by atoms with Crippen LogP contribution in [0.25, 0.3) is 0 Å². The molecule has 0 radical (unpaired) electrons. The van der Waals surface area contributed by atoms with E-state index in [0.717, 1.165) is 45.7 Å². The van der Waals surface area contributed by atoms with Gasteiger partial charge in [0.05, 0.1) is 12.5 Å². The van der Waals surface area contributed by atoms with Crippen LogP contribution in [-0.4, -0.2) is 50.7 Å². The van der Waals surface area contributed by atoms with Crippen LogP contribution in [0.1, 0.15) is 12.8 Å². The van der Waals surface area contributed by atoms with Crippen LogP contribution < -0.4 is 5.32 Å². The van der Waals surface area contributed by atoms with Crippen LogP contribution in [0.5, 0.6) is 0 Å². The van der Waals surface area contributed by atoms with Crippen LogP contribution in [0, 0.1) is 11.8 Å². The van der Waals surface area contributed by atoms with Gasteiger partial charge in [-0.1, -0.05) is 0 Å². The van der Waals surface area contributed by atoms with Crippen LogP contribution in [0.15, 0.2) is 0 Å². The molecule has 0 aromatic carbocycles. The lowest BCUT2D eigenvalue weighted by Crippen LogP contribution is -2.37. The number of nitrogens with one attached hydrogen (secondary N) is 1. The number of halogens is 1. The topological polar surface area (TPSA) is 41.6 Å². The Morgan fingerprint density at radius 1 is 1.50 bits per heavy atom. The fourth-order valence-electron chi connectivity index (χ4n) is 2.38. The molecule has 0 aromatic rings. The van der Waals surface area contributed by atoms with Gasteiger partial charge in [0.15, 0.2) is 0 Å². The van der Waals surface area contributed by atoms with Crippen molar-refractivity contribution in [3.63, 3.8) is 0 Å². The standard InChI is InChI=1S/C11H20N2O2.ClH/c1-13(7-9-3-5-15-8-9)11(14)10-2-4-12-6-10;/h9-10,12H,2-8H2,1H3;1H. The highest BCUT2D eigenvalue weighted by atomic mass is 35.5. The molecule has 2 rings (SSSR count). The summed E-state index contributed by atoms with van der Waals surface area (Å²) in [5, 5.41) is 3.23. The van der Waals surface area contributed by atoms with Crippen molar-refractivity contribution in [1.82, 2.24) is 10.2 Å². The summed E-state index contributed by atoms with van der Waals surface area (Å²) in [5.74, 6) is 1.05. The zero-order valence-electron chi connectivity index (χ0n) is 9.78. The molecule has 1 N–H and O–H groups in total. The van der Waals surface area contributed by atoms with Gasteiger partial charge in [0.1, 0.15) is 0 Å². The number of nitrogens with zero attached hydrogens (tertiary/aromatic N) is 1. The summed E-state index contributed by atoms with van der Waals surface area (Å²) >= 11 is 0. The van der Waals surface area contributed by atoms with Crippen molar-refractivity contribution >= 4 is 18.3 Å². The molecule has 5 heteroatoms. The van der Waals surface area contributed by atoms with Gasteiger partial charge < -0.3 is 15.0 Å². The van der Waals surface area contributed by atoms with Crippen LogP contribution in [0.3, 0.4) is 0 Å². The first kappa shape index (κ1) is 13.7. The molecule has 2 unspecified atom stereocenters. The third-order valence-electron chi connectivity index (χ3n) is 3.34. The first-order chi connectivity index (χ1) is 7.27. The molecule has 2 fully saturated rings. The van der Waals surface area contributed by atoms with Crippen molar-refractivity contribution in [2.75, 3.05) is 39.9 Å². The Bertz CT molecular complexity index is 226. The highest BCUT2D eigenvalue weighted by Gasteiger charge is 2.27. The molecule has 2 heterocycles. The third kappa shape index (κ3) is 3.34. The van der Waals surface area contributed by atoms with Gasteiger partial charge in [-0.15, -0.1) is 12.4 Å². The first-order valence-electron chi connectivity index (χ1n) is 5.81. The molecule has 0 bridgehead atoms. The number of hydrogen-bond donors (Lipinski definition) is 1. The van der Waals surface area contributed by atoms with Crippen molar-refractivity contribution in [2.45, 2.75) is 12.8 Å². The van der Waals surface area contributed by atoms with E-state index in [1.807, 2.05) is 11.9 Å². The van der Waals surface area contributed by atoms with Gasteiger partial charge in [0.2, 0.25) is 5.91 Å². The second kappa shape index (κ2) is 6.42. The van der Waals surface area contributed by atoms with Crippen molar-refractivity contribution in [1.29, 1.82) is 0 Å². The Labute approximate surface area is 103 Å². The molecule has 0 aliphatic carbocycles. The number of amides is 1. The number of ether oxygens (including phenoxy) is 1. The number of carbonyl (C=O) groups is 1. The zero-order valence-corrected chi connectivity index (χ0v) is 10.6. The van der Waals surface area contributed by atoms with Gasteiger partial charge in [-0.05, 0) is 19.4 Å². The van der Waals surface area contributed by atoms with Crippen molar-refractivity contribution < 1.29 is 9.53 Å². The molecule has 16 heavy (non-hydrogen) atoms. The maximum absolute atomic E-state index is 12.0. The van der Waals surface area contributed by atoms with E-state index in [2.05, 4.69) is 5.32 Å². The highest BCUT2D eigenvalue weighted by Crippen LogP contribution is 2.16. The second-order valence-electron chi connectivity index (χ2n) is 4.64. The fourth-order valence-corrected chi connectivity index (χ4v) is 2.38. The summed E-state index contributed by atoms with van der Waals surface area (Å²) < 4.78 is 5.31. The van der Waals surface area contributed by atoms with Crippen LogP contribution in [0.4, 0.5) is 0 Å². The van der Waals surface area contributed by atoms with E-state index in [-0.39, 0.29) is 18.3 Å². The largest absolute Gasteiger partial charge is 0.381 e. The van der Waals surface area contributed by atoms with E-state index in [1.165, 1.54) is 0 Å². The molecule has 2 aliphatic rings. The normalized spacial score (nSPS) is 28.8. The van der Waals surface area contributed by atoms with E-state index in [4.69, 9.17) is 4.74 Å². The smallest absolute Gasteiger partial charge is 0.226 e. The SMILES string of the molecule is CN(CC1CCOC1)C(=O)C1CCNC1.Cl. The van der Waals surface area contributed by atoms with E-state index in [9.17, 15) is 4.79 Å². The zero-order chi connectivity index (χ0) is 10.7. The maximum atomic E-state index is 12.0. The van der Waals surface area contributed by atoms with Crippen LogP contribution in [-0.2, 0) is 9.53 Å². The summed E-state index contributed by atoms with van der Waals surface area (Å²) in [4.78, 5) is 13.9. The highest BCUT2D eigenvalue weighted by molar-refractivity contribution is 5.85. The molecule has 2 atom stereocenters. The van der Waals surface area contributed by atoms with E-state index >= 15 is 0 Å². The van der Waals surface area contributed by atoms with Crippen molar-refractivity contribution in [3.05, 3.63) is 0 Å². The average Bonchev–Trinajstić information content (AvgIpc) is 2.88. The lowest BCUT2D eigenvalue weighted by molar-refractivity contribution is -0.134. The fraction of sp³-hybridized carbons (Fsp3) is 0.909. The average molecular weight is 249 g/mol. The van der Waals surface area contributed by atoms with Gasteiger partial charge in [-0.2, -0.15) is 0 Å². The van der Waals surface area contributed by atoms with Gasteiger partial charge in [0.25, 0.3) is 0 Å². The quantitative estimate of drug-likeness (QED) is 0.792. The van der Waals surface area contributed by atoms with E-state index in [0.29, 0.717) is 11.8 Å². The Hall–Kier alpha value is -0.320. The molecule has 0 aromatic heterocycles. The summed E-state index contributed by atoms with van der Waals surface area (Å²) in [7, 11) is 1.92. The first-order valence-corrected chi connectivity index (χ1v) is 5.81. The second-order valence-corrected chi connectivity index (χ2v) is 4.64. The Morgan fingerprint density at radius 2 is 2.31 bits per heavy atom. The Kier molecular flexibility index (Phi) is 5.52. The minimum Gasteiger partial charge on any atom is -0.381 e. The predicted molar refractivity (Wildman–Crippen MR) is 64.8 cm³/mol. The number of rotatable bonds is 3. The molecule has 94 valence electrons. The van der Waals surface area contributed by atoms with Crippen LogP contribution in [0.2, 0.25) is 0 Å². The molecule has 0 saturated carbocycles. The van der Waals surface area contributed by atoms with Crippen molar-refractivity contribution in [3.8, 4) is 0 Å². The lowest BCUT2D eigenvalue weighted by atomic mass is 10.1. The maximum Gasteiger partial charge on any atom is 0.226 e. The summed E-state index contributed by atoms with van der Waals surface area (Å²) in [5.41, 5.74) is 0. The molecular formula is C11H21ClN2O2. The van der Waals surface area contributed by atoms with Gasteiger partial charge >= 0.3 is 0 Å². The summed E-state index contributed by atoms with van der Waals surface area (Å²) in [6, 6.07) is 0. The summed E-state index contributed by atoms with van der Waals surface area (Å²) in [6.45, 7) is 4.37. The molecule has 2 aliphatic heterocycles. The molecule has 0 spiro atoms. The third-order valence-corrected chi connectivity index (χ3v) is 3.34. The minimum atomic E-state index is 0. The molecular weight excluding hydrogens is 228 g/mol.